The van der Waals surface area contributed by atoms with Crippen molar-refractivity contribution in [3.8, 4) is 0 Å². The molecule has 2 rings (SSSR count). The molecule has 0 saturated carbocycles. The number of aromatic nitrogens is 1. The Morgan fingerprint density at radius 2 is 2.19 bits per heavy atom. The third kappa shape index (κ3) is 2.20. The van der Waals surface area contributed by atoms with Gasteiger partial charge in [0, 0.05) is 16.9 Å². The molecule has 0 saturated heterocycles. The first kappa shape index (κ1) is 11.4. The number of rotatable bonds is 2. The summed E-state index contributed by atoms with van der Waals surface area (Å²) in [7, 11) is 2.00. The highest BCUT2D eigenvalue weighted by Crippen LogP contribution is 2.31. The predicted octanol–water partition coefficient (Wildman–Crippen LogP) is 3.56. The Bertz CT molecular complexity index is 510. The van der Waals surface area contributed by atoms with Gasteiger partial charge in [0.05, 0.1) is 16.4 Å². The first-order valence-electron chi connectivity index (χ1n) is 4.79. The Kier molecular flexibility index (Phi) is 3.16. The molecule has 0 atom stereocenters. The van der Waals surface area contributed by atoms with E-state index < -0.39 is 0 Å². The van der Waals surface area contributed by atoms with Crippen LogP contribution in [-0.4, -0.2) is 12.0 Å². The molecule has 2 aromatic heterocycles. The molecule has 0 aliphatic carbocycles. The average molecular weight is 298 g/mol. The highest BCUT2D eigenvalue weighted by Gasteiger charge is 2.08. The molecular weight excluding hydrogens is 286 g/mol. The van der Waals surface area contributed by atoms with Gasteiger partial charge < -0.3 is 10.6 Å². The number of hydrogen-bond donors (Lipinski definition) is 1. The van der Waals surface area contributed by atoms with Gasteiger partial charge >= 0.3 is 0 Å². The fourth-order valence-electron chi connectivity index (χ4n) is 1.34. The van der Waals surface area contributed by atoms with E-state index in [0.29, 0.717) is 0 Å². The van der Waals surface area contributed by atoms with Crippen molar-refractivity contribution in [3.05, 3.63) is 33.7 Å². The van der Waals surface area contributed by atoms with E-state index >= 15 is 0 Å². The number of nitrogen functional groups attached to an aromatic ring is 1. The molecule has 5 heteroatoms. The molecule has 0 amide bonds. The van der Waals surface area contributed by atoms with Crippen LogP contribution in [0.25, 0.3) is 0 Å². The average Bonchev–Trinajstić information content (AvgIpc) is 2.68. The van der Waals surface area contributed by atoms with Crippen LogP contribution in [0, 0.1) is 6.92 Å². The van der Waals surface area contributed by atoms with Crippen molar-refractivity contribution in [1.82, 2.24) is 4.98 Å². The summed E-state index contributed by atoms with van der Waals surface area (Å²) in [6, 6.07) is 5.88. The number of nitrogens with zero attached hydrogens (tertiary/aromatic N) is 2. The Balaban J connectivity index is 2.33. The smallest absolute Gasteiger partial charge is 0.133 e. The van der Waals surface area contributed by atoms with E-state index in [0.717, 1.165) is 26.7 Å². The monoisotopic (exact) mass is 297 g/mol. The molecule has 0 aromatic carbocycles. The van der Waals surface area contributed by atoms with Crippen LogP contribution in [0.5, 0.6) is 0 Å². The first-order chi connectivity index (χ1) is 7.58. The molecule has 84 valence electrons. The summed E-state index contributed by atoms with van der Waals surface area (Å²) in [6.45, 7) is 1.91. The maximum Gasteiger partial charge on any atom is 0.133 e. The minimum atomic E-state index is 0.726. The standard InChI is InChI=1S/C11H12BrN3S/c1-7-9(13)3-4-10(14-7)15(2)11-5-8(12)6-16-11/h3-6H,13H2,1-2H3. The van der Waals surface area contributed by atoms with E-state index in [1.807, 2.05) is 31.0 Å². The normalized spacial score (nSPS) is 10.4. The number of halogens is 1. The van der Waals surface area contributed by atoms with Crippen molar-refractivity contribution < 1.29 is 0 Å². The van der Waals surface area contributed by atoms with Crippen LogP contribution in [0.1, 0.15) is 5.69 Å². The minimum absolute atomic E-state index is 0.726. The number of aryl methyl sites for hydroxylation is 1. The molecule has 2 heterocycles. The quantitative estimate of drug-likeness (QED) is 0.921. The fraction of sp³-hybridized carbons (Fsp3) is 0.182. The summed E-state index contributed by atoms with van der Waals surface area (Å²) in [5, 5.41) is 3.19. The number of pyridine rings is 1. The fourth-order valence-corrected chi connectivity index (χ4v) is 2.73. The van der Waals surface area contributed by atoms with Crippen molar-refractivity contribution >= 4 is 43.8 Å². The molecular formula is C11H12BrN3S. The third-order valence-electron chi connectivity index (χ3n) is 2.34. The lowest BCUT2D eigenvalue weighted by atomic mass is 10.3. The van der Waals surface area contributed by atoms with Gasteiger partial charge in [-0.1, -0.05) is 0 Å². The maximum atomic E-state index is 5.75. The van der Waals surface area contributed by atoms with Crippen molar-refractivity contribution in [2.24, 2.45) is 0 Å². The first-order valence-corrected chi connectivity index (χ1v) is 6.46. The summed E-state index contributed by atoms with van der Waals surface area (Å²) in [5.74, 6) is 0.904. The topological polar surface area (TPSA) is 42.2 Å². The van der Waals surface area contributed by atoms with Gasteiger partial charge in [0.25, 0.3) is 0 Å². The molecule has 3 nitrogen and oxygen atoms in total. The van der Waals surface area contributed by atoms with Gasteiger partial charge in [-0.15, -0.1) is 11.3 Å². The van der Waals surface area contributed by atoms with Crippen molar-refractivity contribution in [2.45, 2.75) is 6.92 Å². The van der Waals surface area contributed by atoms with E-state index in [4.69, 9.17) is 5.73 Å². The molecule has 0 fully saturated rings. The molecule has 2 N–H and O–H groups in total. The van der Waals surface area contributed by atoms with Crippen LogP contribution in [0.3, 0.4) is 0 Å². The summed E-state index contributed by atoms with van der Waals surface area (Å²) in [6.07, 6.45) is 0. The van der Waals surface area contributed by atoms with E-state index in [2.05, 4.69) is 32.4 Å². The second kappa shape index (κ2) is 4.43. The van der Waals surface area contributed by atoms with Gasteiger partial charge in [-0.3, -0.25) is 0 Å². The molecule has 0 spiro atoms. The Hall–Kier alpha value is -1.07. The second-order valence-corrected chi connectivity index (χ2v) is 5.31. The van der Waals surface area contributed by atoms with Crippen LogP contribution < -0.4 is 10.6 Å². The van der Waals surface area contributed by atoms with Gasteiger partial charge in [-0.2, -0.15) is 0 Å². The van der Waals surface area contributed by atoms with Crippen LogP contribution in [0.2, 0.25) is 0 Å². The van der Waals surface area contributed by atoms with E-state index in [9.17, 15) is 0 Å². The zero-order valence-electron chi connectivity index (χ0n) is 9.07. The molecule has 16 heavy (non-hydrogen) atoms. The predicted molar refractivity (Wildman–Crippen MR) is 73.5 cm³/mol. The van der Waals surface area contributed by atoms with Crippen LogP contribution in [0.15, 0.2) is 28.1 Å². The zero-order chi connectivity index (χ0) is 11.7. The number of anilines is 3. The van der Waals surface area contributed by atoms with E-state index in [1.54, 1.807) is 11.3 Å². The number of thiophene rings is 1. The van der Waals surface area contributed by atoms with Crippen LogP contribution in [0.4, 0.5) is 16.5 Å². The Morgan fingerprint density at radius 3 is 2.75 bits per heavy atom. The molecule has 0 aliphatic heterocycles. The van der Waals surface area contributed by atoms with Crippen molar-refractivity contribution in [1.29, 1.82) is 0 Å². The largest absolute Gasteiger partial charge is 0.397 e. The molecule has 2 aromatic rings. The highest BCUT2D eigenvalue weighted by molar-refractivity contribution is 9.10. The maximum absolute atomic E-state index is 5.75. The van der Waals surface area contributed by atoms with E-state index in [1.165, 1.54) is 0 Å². The molecule has 0 radical (unpaired) electrons. The zero-order valence-corrected chi connectivity index (χ0v) is 11.5. The Labute approximate surface area is 107 Å². The Morgan fingerprint density at radius 1 is 1.44 bits per heavy atom. The molecule has 0 bridgehead atoms. The third-order valence-corrected chi connectivity index (χ3v) is 4.11. The van der Waals surface area contributed by atoms with Gasteiger partial charge in [0.1, 0.15) is 5.82 Å². The summed E-state index contributed by atoms with van der Waals surface area (Å²) < 4.78 is 1.09. The van der Waals surface area contributed by atoms with Crippen LogP contribution in [-0.2, 0) is 0 Å². The lowest BCUT2D eigenvalue weighted by molar-refractivity contribution is 1.11. The summed E-state index contributed by atoms with van der Waals surface area (Å²) in [4.78, 5) is 6.49. The van der Waals surface area contributed by atoms with E-state index in [-0.39, 0.29) is 0 Å². The van der Waals surface area contributed by atoms with Gasteiger partial charge in [0.15, 0.2) is 0 Å². The minimum Gasteiger partial charge on any atom is -0.397 e. The molecule has 0 unspecified atom stereocenters. The summed E-state index contributed by atoms with van der Waals surface area (Å²) >= 11 is 5.11. The SMILES string of the molecule is Cc1nc(N(C)c2cc(Br)cs2)ccc1N. The van der Waals surface area contributed by atoms with Gasteiger partial charge in [0.2, 0.25) is 0 Å². The van der Waals surface area contributed by atoms with Gasteiger partial charge in [-0.25, -0.2) is 4.98 Å². The molecule has 0 aliphatic rings. The number of hydrogen-bond acceptors (Lipinski definition) is 4. The lowest BCUT2D eigenvalue weighted by Crippen LogP contribution is -2.10. The second-order valence-electron chi connectivity index (χ2n) is 3.51. The van der Waals surface area contributed by atoms with Crippen LogP contribution >= 0.6 is 27.3 Å². The highest BCUT2D eigenvalue weighted by atomic mass is 79.9. The van der Waals surface area contributed by atoms with Gasteiger partial charge in [-0.05, 0) is 41.1 Å². The lowest BCUT2D eigenvalue weighted by Gasteiger charge is -2.16. The summed E-state index contributed by atoms with van der Waals surface area (Å²) in [5.41, 5.74) is 7.33. The number of nitrogens with two attached hydrogens (primary N) is 1. The van der Waals surface area contributed by atoms with Crippen molar-refractivity contribution in [3.63, 3.8) is 0 Å². The van der Waals surface area contributed by atoms with Crippen molar-refractivity contribution in [2.75, 3.05) is 17.7 Å².